The summed E-state index contributed by atoms with van der Waals surface area (Å²) < 4.78 is 5.40. The van der Waals surface area contributed by atoms with E-state index in [0.29, 0.717) is 0 Å². The Bertz CT molecular complexity index is 355. The number of hydrogen-bond donors (Lipinski definition) is 1. The van der Waals surface area contributed by atoms with Crippen LogP contribution in [0.4, 0.5) is 0 Å². The van der Waals surface area contributed by atoms with E-state index in [4.69, 9.17) is 9.57 Å². The Hall–Kier alpha value is -1.55. The summed E-state index contributed by atoms with van der Waals surface area (Å²) in [6.45, 7) is 6.00. The maximum absolute atomic E-state index is 9.56. The SMILES string of the molecule is CC(C)=NOC[C@@H](O)COc1ccc(C)cc1. The first-order chi connectivity index (χ1) is 8.08. The second kappa shape index (κ2) is 6.91. The van der Waals surface area contributed by atoms with Crippen LogP contribution in [-0.2, 0) is 4.84 Å². The van der Waals surface area contributed by atoms with Gasteiger partial charge in [0.1, 0.15) is 25.1 Å². The van der Waals surface area contributed by atoms with Gasteiger partial charge in [-0.1, -0.05) is 22.9 Å². The summed E-state index contributed by atoms with van der Waals surface area (Å²) in [7, 11) is 0. The number of ether oxygens (including phenoxy) is 1. The lowest BCUT2D eigenvalue weighted by Crippen LogP contribution is -2.22. The summed E-state index contributed by atoms with van der Waals surface area (Å²) >= 11 is 0. The zero-order valence-corrected chi connectivity index (χ0v) is 10.5. The molecule has 1 aromatic carbocycles. The molecule has 1 N–H and O–H groups in total. The standard InChI is InChI=1S/C13H19NO3/c1-10(2)14-17-9-12(15)8-16-13-6-4-11(3)5-7-13/h4-7,12,15H,8-9H2,1-3H3/t12-/m0/s1. The van der Waals surface area contributed by atoms with E-state index in [9.17, 15) is 5.11 Å². The minimum absolute atomic E-state index is 0.136. The van der Waals surface area contributed by atoms with Gasteiger partial charge in [0.2, 0.25) is 0 Å². The lowest BCUT2D eigenvalue weighted by molar-refractivity contribution is 0.0142. The van der Waals surface area contributed by atoms with Crippen molar-refractivity contribution >= 4 is 5.71 Å². The zero-order chi connectivity index (χ0) is 12.7. The zero-order valence-electron chi connectivity index (χ0n) is 10.5. The lowest BCUT2D eigenvalue weighted by Gasteiger charge is -2.11. The first-order valence-corrected chi connectivity index (χ1v) is 5.58. The minimum Gasteiger partial charge on any atom is -0.491 e. The predicted molar refractivity (Wildman–Crippen MR) is 67.4 cm³/mol. The molecule has 0 aliphatic heterocycles. The maximum Gasteiger partial charge on any atom is 0.146 e. The van der Waals surface area contributed by atoms with Gasteiger partial charge in [0.05, 0.1) is 5.71 Å². The fraction of sp³-hybridized carbons (Fsp3) is 0.462. The summed E-state index contributed by atoms with van der Waals surface area (Å²) in [5.74, 6) is 0.741. The third-order valence-electron chi connectivity index (χ3n) is 1.98. The molecule has 0 radical (unpaired) electrons. The molecule has 94 valence electrons. The van der Waals surface area contributed by atoms with E-state index in [2.05, 4.69) is 5.16 Å². The molecule has 0 unspecified atom stereocenters. The Balaban J connectivity index is 2.26. The van der Waals surface area contributed by atoms with Crippen LogP contribution in [0.3, 0.4) is 0 Å². The first kappa shape index (κ1) is 13.5. The van der Waals surface area contributed by atoms with Crippen LogP contribution >= 0.6 is 0 Å². The minimum atomic E-state index is -0.681. The van der Waals surface area contributed by atoms with Gasteiger partial charge in [0.25, 0.3) is 0 Å². The molecule has 4 nitrogen and oxygen atoms in total. The summed E-state index contributed by atoms with van der Waals surface area (Å²) in [5.41, 5.74) is 1.99. The number of benzene rings is 1. The van der Waals surface area contributed by atoms with E-state index in [1.807, 2.05) is 45.0 Å². The van der Waals surface area contributed by atoms with Crippen LogP contribution in [0, 0.1) is 6.92 Å². The fourth-order valence-corrected chi connectivity index (χ4v) is 1.13. The number of aryl methyl sites for hydroxylation is 1. The Kier molecular flexibility index (Phi) is 5.49. The highest BCUT2D eigenvalue weighted by atomic mass is 16.6. The summed E-state index contributed by atoms with van der Waals surface area (Å²) in [6.07, 6.45) is -0.681. The summed E-state index contributed by atoms with van der Waals surface area (Å²) in [5, 5.41) is 13.3. The van der Waals surface area contributed by atoms with Gasteiger partial charge in [0.15, 0.2) is 0 Å². The quantitative estimate of drug-likeness (QED) is 0.609. The van der Waals surface area contributed by atoms with Crippen molar-refractivity contribution in [2.24, 2.45) is 5.16 Å². The molecule has 1 rings (SSSR count). The van der Waals surface area contributed by atoms with Gasteiger partial charge in [-0.25, -0.2) is 0 Å². The topological polar surface area (TPSA) is 51.0 Å². The molecule has 0 amide bonds. The molecule has 4 heteroatoms. The van der Waals surface area contributed by atoms with Crippen molar-refractivity contribution < 1.29 is 14.7 Å². The molecule has 0 bridgehead atoms. The monoisotopic (exact) mass is 237 g/mol. The normalized spacial score (nSPS) is 11.8. The molecule has 0 saturated carbocycles. The largest absolute Gasteiger partial charge is 0.491 e. The number of oxime groups is 1. The Morgan fingerprint density at radius 3 is 2.47 bits per heavy atom. The lowest BCUT2D eigenvalue weighted by atomic mass is 10.2. The van der Waals surface area contributed by atoms with Crippen molar-refractivity contribution in [2.75, 3.05) is 13.2 Å². The van der Waals surface area contributed by atoms with Crippen molar-refractivity contribution in [2.45, 2.75) is 26.9 Å². The van der Waals surface area contributed by atoms with E-state index in [-0.39, 0.29) is 13.2 Å². The smallest absolute Gasteiger partial charge is 0.146 e. The molecular formula is C13H19NO3. The van der Waals surface area contributed by atoms with Crippen LogP contribution < -0.4 is 4.74 Å². The van der Waals surface area contributed by atoms with E-state index in [0.717, 1.165) is 11.5 Å². The molecule has 0 aromatic heterocycles. The molecule has 1 atom stereocenters. The molecule has 1 aromatic rings. The second-order valence-corrected chi connectivity index (χ2v) is 4.11. The summed E-state index contributed by atoms with van der Waals surface area (Å²) in [6, 6.07) is 7.67. The molecule has 17 heavy (non-hydrogen) atoms. The van der Waals surface area contributed by atoms with Crippen LogP contribution in [0.1, 0.15) is 19.4 Å². The van der Waals surface area contributed by atoms with Gasteiger partial charge in [-0.3, -0.25) is 0 Å². The van der Waals surface area contributed by atoms with Crippen molar-refractivity contribution in [1.82, 2.24) is 0 Å². The Morgan fingerprint density at radius 2 is 1.88 bits per heavy atom. The number of aliphatic hydroxyl groups is 1. The average Bonchev–Trinajstić information content (AvgIpc) is 2.28. The highest BCUT2D eigenvalue weighted by molar-refractivity contribution is 5.78. The number of hydrogen-bond acceptors (Lipinski definition) is 4. The average molecular weight is 237 g/mol. The first-order valence-electron chi connectivity index (χ1n) is 5.58. The molecule has 0 fully saturated rings. The molecule has 0 aliphatic carbocycles. The van der Waals surface area contributed by atoms with E-state index in [1.165, 1.54) is 5.56 Å². The van der Waals surface area contributed by atoms with E-state index in [1.54, 1.807) is 0 Å². The highest BCUT2D eigenvalue weighted by Crippen LogP contribution is 2.11. The molecular weight excluding hydrogens is 218 g/mol. The van der Waals surface area contributed by atoms with Crippen LogP contribution in [-0.4, -0.2) is 30.1 Å². The van der Waals surface area contributed by atoms with Gasteiger partial charge < -0.3 is 14.7 Å². The van der Waals surface area contributed by atoms with Gasteiger partial charge in [-0.15, -0.1) is 0 Å². The molecule has 0 aliphatic rings. The molecule has 0 saturated heterocycles. The van der Waals surface area contributed by atoms with Crippen molar-refractivity contribution in [3.63, 3.8) is 0 Å². The van der Waals surface area contributed by atoms with E-state index < -0.39 is 6.10 Å². The number of aliphatic hydroxyl groups excluding tert-OH is 1. The van der Waals surface area contributed by atoms with Crippen LogP contribution in [0.5, 0.6) is 5.75 Å². The number of rotatable bonds is 6. The summed E-state index contributed by atoms with van der Waals surface area (Å²) in [4.78, 5) is 4.92. The predicted octanol–water partition coefficient (Wildman–Crippen LogP) is 2.15. The Morgan fingerprint density at radius 1 is 1.24 bits per heavy atom. The van der Waals surface area contributed by atoms with E-state index >= 15 is 0 Å². The maximum atomic E-state index is 9.56. The van der Waals surface area contributed by atoms with Gasteiger partial charge >= 0.3 is 0 Å². The third kappa shape index (κ3) is 5.92. The molecule has 0 heterocycles. The fourth-order valence-electron chi connectivity index (χ4n) is 1.13. The van der Waals surface area contributed by atoms with Crippen LogP contribution in [0.15, 0.2) is 29.4 Å². The second-order valence-electron chi connectivity index (χ2n) is 4.11. The van der Waals surface area contributed by atoms with Gasteiger partial charge in [-0.2, -0.15) is 0 Å². The highest BCUT2D eigenvalue weighted by Gasteiger charge is 2.05. The van der Waals surface area contributed by atoms with Gasteiger partial charge in [-0.05, 0) is 32.9 Å². The van der Waals surface area contributed by atoms with Gasteiger partial charge in [0, 0.05) is 0 Å². The van der Waals surface area contributed by atoms with Crippen molar-refractivity contribution in [3.8, 4) is 5.75 Å². The van der Waals surface area contributed by atoms with Crippen LogP contribution in [0.2, 0.25) is 0 Å². The third-order valence-corrected chi connectivity index (χ3v) is 1.98. The van der Waals surface area contributed by atoms with Crippen molar-refractivity contribution in [1.29, 1.82) is 0 Å². The Labute approximate surface area is 102 Å². The van der Waals surface area contributed by atoms with Crippen LogP contribution in [0.25, 0.3) is 0 Å². The van der Waals surface area contributed by atoms with Crippen molar-refractivity contribution in [3.05, 3.63) is 29.8 Å². The number of nitrogens with zero attached hydrogens (tertiary/aromatic N) is 1. The molecule has 0 spiro atoms.